The van der Waals surface area contributed by atoms with Crippen LogP contribution in [0, 0.1) is 0 Å². The summed E-state index contributed by atoms with van der Waals surface area (Å²) in [6.07, 6.45) is 0. The summed E-state index contributed by atoms with van der Waals surface area (Å²) < 4.78 is 25.4. The van der Waals surface area contributed by atoms with E-state index in [4.69, 9.17) is 9.05 Å². The molecule has 118 valence electrons. The summed E-state index contributed by atoms with van der Waals surface area (Å²) in [6, 6.07) is 13.4. The van der Waals surface area contributed by atoms with Crippen molar-refractivity contribution in [3.8, 4) is 11.1 Å². The van der Waals surface area contributed by atoms with Crippen molar-refractivity contribution in [1.82, 2.24) is 0 Å². The highest BCUT2D eigenvalue weighted by Gasteiger charge is 2.26. The van der Waals surface area contributed by atoms with Crippen molar-refractivity contribution in [2.24, 2.45) is 0 Å². The summed E-state index contributed by atoms with van der Waals surface area (Å²) in [5, 5.41) is 0.575. The van der Waals surface area contributed by atoms with Gasteiger partial charge in [-0.1, -0.05) is 44.0 Å². The van der Waals surface area contributed by atoms with E-state index >= 15 is 0 Å². The van der Waals surface area contributed by atoms with Gasteiger partial charge >= 0.3 is 7.60 Å². The van der Waals surface area contributed by atoms with E-state index in [0.717, 1.165) is 20.1 Å². The van der Waals surface area contributed by atoms with Gasteiger partial charge in [0, 0.05) is 8.95 Å². The van der Waals surface area contributed by atoms with Gasteiger partial charge in [0.05, 0.1) is 18.5 Å². The first kappa shape index (κ1) is 17.9. The molecular weight excluding hydrogens is 431 g/mol. The van der Waals surface area contributed by atoms with Gasteiger partial charge in [-0.2, -0.15) is 0 Å². The van der Waals surface area contributed by atoms with Crippen LogP contribution in [0.2, 0.25) is 0 Å². The highest BCUT2D eigenvalue weighted by Crippen LogP contribution is 2.47. The van der Waals surface area contributed by atoms with Crippen LogP contribution in [-0.2, 0) is 13.6 Å². The molecule has 0 N–H and O–H groups in total. The molecule has 0 aliphatic heterocycles. The molecule has 0 bridgehead atoms. The molecule has 0 radical (unpaired) electrons. The second-order valence-electron chi connectivity index (χ2n) is 4.50. The molecule has 0 spiro atoms. The van der Waals surface area contributed by atoms with Gasteiger partial charge in [0.1, 0.15) is 0 Å². The van der Waals surface area contributed by atoms with Gasteiger partial charge in [-0.3, -0.25) is 4.57 Å². The molecule has 2 aromatic carbocycles. The average Bonchev–Trinajstić information content (AvgIpc) is 2.50. The Hall–Kier alpha value is -0.450. The maximum atomic E-state index is 12.7. The van der Waals surface area contributed by atoms with Crippen molar-refractivity contribution >= 4 is 44.8 Å². The zero-order valence-corrected chi connectivity index (χ0v) is 16.4. The Kier molecular flexibility index (Phi) is 6.42. The normalized spacial score (nSPS) is 11.6. The first-order valence-electron chi connectivity index (χ1n) is 6.95. The zero-order chi connectivity index (χ0) is 16.2. The Labute approximate surface area is 147 Å². The fourth-order valence-corrected chi connectivity index (χ4v) is 4.47. The lowest BCUT2D eigenvalue weighted by Crippen LogP contribution is -2.10. The van der Waals surface area contributed by atoms with Gasteiger partial charge in [0.2, 0.25) is 0 Å². The third-order valence-corrected chi connectivity index (χ3v) is 6.33. The lowest BCUT2D eigenvalue weighted by atomic mass is 10.1. The van der Waals surface area contributed by atoms with E-state index in [2.05, 4.69) is 31.9 Å². The van der Waals surface area contributed by atoms with Crippen molar-refractivity contribution in [3.05, 3.63) is 51.4 Å². The summed E-state index contributed by atoms with van der Waals surface area (Å²) in [5.74, 6) is 0. The predicted octanol–water partition coefficient (Wildman–Crippen LogP) is 5.77. The molecule has 0 saturated heterocycles. The topological polar surface area (TPSA) is 35.5 Å². The van der Waals surface area contributed by atoms with E-state index in [1.807, 2.05) is 30.3 Å². The Morgan fingerprint density at radius 3 is 2.09 bits per heavy atom. The fourth-order valence-electron chi connectivity index (χ4n) is 2.07. The van der Waals surface area contributed by atoms with Crippen LogP contribution < -0.4 is 5.30 Å². The molecule has 3 nitrogen and oxygen atoms in total. The van der Waals surface area contributed by atoms with Crippen molar-refractivity contribution < 1.29 is 13.6 Å². The fraction of sp³-hybridized carbons (Fsp3) is 0.250. The first-order valence-corrected chi connectivity index (χ1v) is 10.1. The second-order valence-corrected chi connectivity index (χ2v) is 8.30. The van der Waals surface area contributed by atoms with E-state index in [9.17, 15) is 4.57 Å². The summed E-state index contributed by atoms with van der Waals surface area (Å²) >= 11 is 7.03. The van der Waals surface area contributed by atoms with Crippen LogP contribution in [0.4, 0.5) is 0 Å². The average molecular weight is 448 g/mol. The minimum Gasteiger partial charge on any atom is -0.305 e. The van der Waals surface area contributed by atoms with E-state index in [-0.39, 0.29) is 0 Å². The molecular formula is C16H17Br2O3P. The maximum absolute atomic E-state index is 12.7. The van der Waals surface area contributed by atoms with E-state index in [0.29, 0.717) is 18.5 Å². The van der Waals surface area contributed by atoms with Gasteiger partial charge in [-0.15, -0.1) is 0 Å². The first-order chi connectivity index (χ1) is 10.5. The lowest BCUT2D eigenvalue weighted by Gasteiger charge is -2.17. The van der Waals surface area contributed by atoms with Gasteiger partial charge in [0.25, 0.3) is 0 Å². The summed E-state index contributed by atoms with van der Waals surface area (Å²) in [7, 11) is -3.23. The molecule has 0 aliphatic carbocycles. The van der Waals surface area contributed by atoms with Crippen molar-refractivity contribution in [2.45, 2.75) is 13.8 Å². The SMILES string of the molecule is CCOP(=O)(OCC)c1ccc(-c2cc(Br)ccc2Br)cc1. The highest BCUT2D eigenvalue weighted by molar-refractivity contribution is 9.11. The molecule has 0 aromatic heterocycles. The molecule has 0 aliphatic rings. The van der Waals surface area contributed by atoms with Crippen molar-refractivity contribution in [3.63, 3.8) is 0 Å². The summed E-state index contributed by atoms with van der Waals surface area (Å²) in [6.45, 7) is 4.30. The van der Waals surface area contributed by atoms with Crippen LogP contribution in [0.25, 0.3) is 11.1 Å². The molecule has 2 aromatic rings. The Bertz CT molecular complexity index is 676. The number of benzene rings is 2. The third-order valence-electron chi connectivity index (χ3n) is 3.02. The maximum Gasteiger partial charge on any atom is 0.361 e. The molecule has 0 amide bonds. The molecule has 0 heterocycles. The monoisotopic (exact) mass is 446 g/mol. The van der Waals surface area contributed by atoms with Crippen LogP contribution in [0.5, 0.6) is 0 Å². The van der Waals surface area contributed by atoms with Gasteiger partial charge in [0.15, 0.2) is 0 Å². The second kappa shape index (κ2) is 7.89. The summed E-state index contributed by atoms with van der Waals surface area (Å²) in [5.41, 5.74) is 2.08. The number of hydrogen-bond acceptors (Lipinski definition) is 3. The minimum absolute atomic E-state index is 0.343. The number of rotatable bonds is 6. The molecule has 2 rings (SSSR count). The van der Waals surface area contributed by atoms with Crippen LogP contribution in [-0.4, -0.2) is 13.2 Å². The minimum atomic E-state index is -3.23. The van der Waals surface area contributed by atoms with E-state index in [1.165, 1.54) is 0 Å². The van der Waals surface area contributed by atoms with Gasteiger partial charge in [-0.25, -0.2) is 0 Å². The number of halogens is 2. The van der Waals surface area contributed by atoms with Crippen LogP contribution in [0.1, 0.15) is 13.8 Å². The van der Waals surface area contributed by atoms with Gasteiger partial charge in [-0.05, 0) is 55.3 Å². The molecule has 6 heteroatoms. The largest absolute Gasteiger partial charge is 0.361 e. The Morgan fingerprint density at radius 2 is 1.55 bits per heavy atom. The van der Waals surface area contributed by atoms with Crippen LogP contribution >= 0.6 is 39.5 Å². The standard InChI is InChI=1S/C16H17Br2O3P/c1-3-20-22(19,21-4-2)14-8-5-12(6-9-14)15-11-13(17)7-10-16(15)18/h5-11H,3-4H2,1-2H3. The molecule has 0 saturated carbocycles. The highest BCUT2D eigenvalue weighted by atomic mass is 79.9. The number of hydrogen-bond donors (Lipinski definition) is 0. The van der Waals surface area contributed by atoms with E-state index in [1.54, 1.807) is 26.0 Å². The zero-order valence-electron chi connectivity index (χ0n) is 12.4. The molecule has 0 fully saturated rings. The van der Waals surface area contributed by atoms with Gasteiger partial charge < -0.3 is 9.05 Å². The van der Waals surface area contributed by atoms with Crippen LogP contribution in [0.3, 0.4) is 0 Å². The summed E-state index contributed by atoms with van der Waals surface area (Å²) in [4.78, 5) is 0. The molecule has 0 unspecified atom stereocenters. The molecule has 22 heavy (non-hydrogen) atoms. The Balaban J connectivity index is 2.37. The lowest BCUT2D eigenvalue weighted by molar-refractivity contribution is 0.230. The van der Waals surface area contributed by atoms with Crippen molar-refractivity contribution in [1.29, 1.82) is 0 Å². The quantitative estimate of drug-likeness (QED) is 0.527. The van der Waals surface area contributed by atoms with E-state index < -0.39 is 7.60 Å². The van der Waals surface area contributed by atoms with Crippen LogP contribution in [0.15, 0.2) is 51.4 Å². The predicted molar refractivity (Wildman–Crippen MR) is 97.8 cm³/mol. The van der Waals surface area contributed by atoms with Crippen molar-refractivity contribution in [2.75, 3.05) is 13.2 Å². The Morgan fingerprint density at radius 1 is 0.955 bits per heavy atom. The smallest absolute Gasteiger partial charge is 0.305 e. The third kappa shape index (κ3) is 4.09. The molecule has 0 atom stereocenters.